The molecule has 1 aliphatic carbocycles. The first-order chi connectivity index (χ1) is 11.5. The van der Waals surface area contributed by atoms with E-state index in [2.05, 4.69) is 15.0 Å². The van der Waals surface area contributed by atoms with E-state index in [1.807, 2.05) is 0 Å². The molecule has 24 heavy (non-hydrogen) atoms. The van der Waals surface area contributed by atoms with E-state index in [9.17, 15) is 17.6 Å². The van der Waals surface area contributed by atoms with Crippen LogP contribution in [0.15, 0.2) is 47.6 Å². The molecule has 0 radical (unpaired) electrons. The van der Waals surface area contributed by atoms with Crippen molar-refractivity contribution in [2.75, 3.05) is 0 Å². The van der Waals surface area contributed by atoms with Gasteiger partial charge in [0.05, 0.1) is 0 Å². The number of carbonyl (C=O) groups excluding carboxylic acids is 1. The summed E-state index contributed by atoms with van der Waals surface area (Å²) in [5.74, 6) is -1.36. The van der Waals surface area contributed by atoms with E-state index < -0.39 is 26.6 Å². The van der Waals surface area contributed by atoms with Gasteiger partial charge in [-0.1, -0.05) is 0 Å². The van der Waals surface area contributed by atoms with Crippen molar-refractivity contribution in [1.29, 1.82) is 0 Å². The first-order valence-electron chi connectivity index (χ1n) is 7.45. The molecule has 1 amide bonds. The van der Waals surface area contributed by atoms with E-state index in [4.69, 9.17) is 0 Å². The van der Waals surface area contributed by atoms with E-state index in [1.165, 1.54) is 6.07 Å². The standard InChI is InChI=1S/C16H16FN3O3S/c17-14-4-1-12(9-15(14)24(22,23)20-13-2-3-13)16(21)19-10-11-5-7-18-8-6-11/h1,4-9,13,20H,2-3,10H2,(H,19,21). The highest BCUT2D eigenvalue weighted by Gasteiger charge is 2.30. The molecule has 1 saturated carbocycles. The molecule has 2 aromatic rings. The molecule has 1 aromatic carbocycles. The van der Waals surface area contributed by atoms with Crippen LogP contribution in [0.5, 0.6) is 0 Å². The van der Waals surface area contributed by atoms with Crippen molar-refractivity contribution in [3.8, 4) is 0 Å². The summed E-state index contributed by atoms with van der Waals surface area (Å²) in [7, 11) is -3.96. The van der Waals surface area contributed by atoms with Gasteiger partial charge in [0.15, 0.2) is 0 Å². The molecule has 0 bridgehead atoms. The van der Waals surface area contributed by atoms with Gasteiger partial charge in [-0.3, -0.25) is 9.78 Å². The molecule has 126 valence electrons. The molecule has 8 heteroatoms. The Balaban J connectivity index is 1.76. The second-order valence-corrected chi connectivity index (χ2v) is 7.26. The van der Waals surface area contributed by atoms with Crippen LogP contribution in [0.1, 0.15) is 28.8 Å². The Morgan fingerprint density at radius 3 is 2.58 bits per heavy atom. The van der Waals surface area contributed by atoms with Crippen LogP contribution in [0.4, 0.5) is 4.39 Å². The number of nitrogens with one attached hydrogen (secondary N) is 2. The third kappa shape index (κ3) is 3.95. The molecule has 1 aromatic heterocycles. The SMILES string of the molecule is O=C(NCc1ccncc1)c1ccc(F)c(S(=O)(=O)NC2CC2)c1. The number of hydrogen-bond acceptors (Lipinski definition) is 4. The van der Waals surface area contributed by atoms with Crippen molar-refractivity contribution in [3.05, 3.63) is 59.7 Å². The number of nitrogens with zero attached hydrogens (tertiary/aromatic N) is 1. The second-order valence-electron chi connectivity index (χ2n) is 5.58. The molecule has 1 fully saturated rings. The fourth-order valence-corrected chi connectivity index (χ4v) is 3.53. The summed E-state index contributed by atoms with van der Waals surface area (Å²) in [5, 5.41) is 2.66. The maximum absolute atomic E-state index is 13.9. The van der Waals surface area contributed by atoms with Gasteiger partial charge in [0, 0.05) is 30.5 Å². The summed E-state index contributed by atoms with van der Waals surface area (Å²) in [6.07, 6.45) is 4.70. The van der Waals surface area contributed by atoms with Gasteiger partial charge in [-0.15, -0.1) is 0 Å². The molecule has 0 aliphatic heterocycles. The molecule has 1 aliphatic rings. The molecular weight excluding hydrogens is 333 g/mol. The lowest BCUT2D eigenvalue weighted by atomic mass is 10.2. The zero-order valence-electron chi connectivity index (χ0n) is 12.7. The fourth-order valence-electron chi connectivity index (χ4n) is 2.12. The van der Waals surface area contributed by atoms with Gasteiger partial charge in [0.25, 0.3) is 5.91 Å². The van der Waals surface area contributed by atoms with Gasteiger partial charge < -0.3 is 5.32 Å². The third-order valence-electron chi connectivity index (χ3n) is 3.58. The summed E-state index contributed by atoms with van der Waals surface area (Å²) in [6, 6.07) is 6.66. The predicted molar refractivity (Wildman–Crippen MR) is 85.2 cm³/mol. The Morgan fingerprint density at radius 1 is 1.21 bits per heavy atom. The molecular formula is C16H16FN3O3S. The number of halogens is 1. The zero-order chi connectivity index (χ0) is 17.2. The second kappa shape index (κ2) is 6.66. The van der Waals surface area contributed by atoms with Crippen molar-refractivity contribution in [3.63, 3.8) is 0 Å². The van der Waals surface area contributed by atoms with Crippen LogP contribution in [0.25, 0.3) is 0 Å². The van der Waals surface area contributed by atoms with E-state index in [0.29, 0.717) is 0 Å². The third-order valence-corrected chi connectivity index (χ3v) is 5.12. The van der Waals surface area contributed by atoms with E-state index in [0.717, 1.165) is 30.5 Å². The van der Waals surface area contributed by atoms with Gasteiger partial charge in [-0.25, -0.2) is 17.5 Å². The zero-order valence-corrected chi connectivity index (χ0v) is 13.5. The van der Waals surface area contributed by atoms with Crippen molar-refractivity contribution in [2.24, 2.45) is 0 Å². The van der Waals surface area contributed by atoms with Crippen LogP contribution in [0.2, 0.25) is 0 Å². The number of pyridine rings is 1. The lowest BCUT2D eigenvalue weighted by Crippen LogP contribution is -2.28. The maximum atomic E-state index is 13.9. The average Bonchev–Trinajstić information content (AvgIpc) is 3.37. The normalized spacial score (nSPS) is 14.4. The topological polar surface area (TPSA) is 88.2 Å². The predicted octanol–water partition coefficient (Wildman–Crippen LogP) is 1.59. The molecule has 0 spiro atoms. The molecule has 6 nitrogen and oxygen atoms in total. The summed E-state index contributed by atoms with van der Waals surface area (Å²) in [6.45, 7) is 0.265. The fraction of sp³-hybridized carbons (Fsp3) is 0.250. The first-order valence-corrected chi connectivity index (χ1v) is 8.93. The summed E-state index contributed by atoms with van der Waals surface area (Å²) >= 11 is 0. The van der Waals surface area contributed by atoms with E-state index in [1.54, 1.807) is 24.5 Å². The molecule has 3 rings (SSSR count). The van der Waals surface area contributed by atoms with Crippen LogP contribution in [-0.4, -0.2) is 25.4 Å². The molecule has 0 unspecified atom stereocenters. The maximum Gasteiger partial charge on any atom is 0.251 e. The molecule has 1 heterocycles. The largest absolute Gasteiger partial charge is 0.348 e. The van der Waals surface area contributed by atoms with Crippen molar-refractivity contribution in [2.45, 2.75) is 30.3 Å². The summed E-state index contributed by atoms with van der Waals surface area (Å²) in [5.41, 5.74) is 0.935. The van der Waals surface area contributed by atoms with Crippen LogP contribution < -0.4 is 10.0 Å². The number of sulfonamides is 1. The highest BCUT2D eigenvalue weighted by Crippen LogP contribution is 2.24. The Labute approximate surface area is 139 Å². The van der Waals surface area contributed by atoms with Gasteiger partial charge >= 0.3 is 0 Å². The van der Waals surface area contributed by atoms with Crippen LogP contribution in [0.3, 0.4) is 0 Å². The van der Waals surface area contributed by atoms with Crippen molar-refractivity contribution in [1.82, 2.24) is 15.0 Å². The van der Waals surface area contributed by atoms with Gasteiger partial charge in [0.1, 0.15) is 10.7 Å². The lowest BCUT2D eigenvalue weighted by molar-refractivity contribution is 0.0950. The summed E-state index contributed by atoms with van der Waals surface area (Å²) in [4.78, 5) is 15.5. The highest BCUT2D eigenvalue weighted by molar-refractivity contribution is 7.89. The Kier molecular flexibility index (Phi) is 4.59. The highest BCUT2D eigenvalue weighted by atomic mass is 32.2. The minimum Gasteiger partial charge on any atom is -0.348 e. The quantitative estimate of drug-likeness (QED) is 0.829. The molecule has 0 saturated heterocycles. The lowest BCUT2D eigenvalue weighted by Gasteiger charge is -2.09. The number of amides is 1. The average molecular weight is 349 g/mol. The first kappa shape index (κ1) is 16.5. The van der Waals surface area contributed by atoms with E-state index in [-0.39, 0.29) is 18.2 Å². The minimum atomic E-state index is -3.96. The number of carbonyl (C=O) groups is 1. The number of hydrogen-bond donors (Lipinski definition) is 2. The van der Waals surface area contributed by atoms with Crippen LogP contribution in [0, 0.1) is 5.82 Å². The Morgan fingerprint density at radius 2 is 1.92 bits per heavy atom. The van der Waals surface area contributed by atoms with Gasteiger partial charge in [-0.2, -0.15) is 0 Å². The molecule has 0 atom stereocenters. The molecule has 2 N–H and O–H groups in total. The van der Waals surface area contributed by atoms with E-state index >= 15 is 0 Å². The number of benzene rings is 1. The monoisotopic (exact) mass is 349 g/mol. The minimum absolute atomic E-state index is 0.0848. The van der Waals surface area contributed by atoms with Crippen molar-refractivity contribution >= 4 is 15.9 Å². The Bertz CT molecular complexity index is 852. The van der Waals surface area contributed by atoms with Gasteiger partial charge in [-0.05, 0) is 48.7 Å². The number of rotatable bonds is 6. The number of aromatic nitrogens is 1. The van der Waals surface area contributed by atoms with Crippen LogP contribution >= 0.6 is 0 Å². The van der Waals surface area contributed by atoms with Gasteiger partial charge in [0.2, 0.25) is 10.0 Å². The smallest absolute Gasteiger partial charge is 0.251 e. The van der Waals surface area contributed by atoms with Crippen molar-refractivity contribution < 1.29 is 17.6 Å². The summed E-state index contributed by atoms with van der Waals surface area (Å²) < 4.78 is 40.6. The Hall–Kier alpha value is -2.32. The van der Waals surface area contributed by atoms with Crippen LogP contribution in [-0.2, 0) is 16.6 Å².